The molecule has 0 bridgehead atoms. The number of nitrogens with two attached hydrogens (primary N) is 1. The van der Waals surface area contributed by atoms with Crippen molar-refractivity contribution in [2.45, 2.75) is 32.2 Å². The van der Waals surface area contributed by atoms with E-state index in [1.807, 2.05) is 54.6 Å². The van der Waals surface area contributed by atoms with Crippen LogP contribution in [0, 0.1) is 0 Å². The molecule has 0 fully saturated rings. The standard InChI is InChI=1S/C24H26N4O3/c1-15(2)17-10-7-11-18(13-17)21-19(14-28(3)27-21)24(31)26-20(22(29)23(25)30)12-16-8-5-4-6-9-16/h4-11,13-15,20H,12H2,1-3H3,(H2,25,30)(H,26,31). The quantitative estimate of drug-likeness (QED) is 0.548. The van der Waals surface area contributed by atoms with Gasteiger partial charge in [-0.2, -0.15) is 5.10 Å². The molecule has 3 aromatic rings. The monoisotopic (exact) mass is 418 g/mol. The Balaban J connectivity index is 1.92. The summed E-state index contributed by atoms with van der Waals surface area (Å²) in [6.45, 7) is 4.18. The average Bonchev–Trinajstić information content (AvgIpc) is 3.15. The third kappa shape index (κ3) is 5.25. The fourth-order valence-corrected chi connectivity index (χ4v) is 3.38. The molecule has 0 saturated heterocycles. The summed E-state index contributed by atoms with van der Waals surface area (Å²) in [6.07, 6.45) is 1.76. The Morgan fingerprint density at radius 3 is 2.42 bits per heavy atom. The zero-order chi connectivity index (χ0) is 22.5. The number of nitrogens with one attached hydrogen (secondary N) is 1. The highest BCUT2D eigenvalue weighted by atomic mass is 16.2. The zero-order valence-corrected chi connectivity index (χ0v) is 17.8. The van der Waals surface area contributed by atoms with Crippen LogP contribution in [-0.4, -0.2) is 33.4 Å². The van der Waals surface area contributed by atoms with Gasteiger partial charge >= 0.3 is 0 Å². The van der Waals surface area contributed by atoms with Crippen LogP contribution >= 0.6 is 0 Å². The number of hydrogen-bond donors (Lipinski definition) is 2. The predicted molar refractivity (Wildman–Crippen MR) is 118 cm³/mol. The van der Waals surface area contributed by atoms with E-state index in [1.54, 1.807) is 17.9 Å². The normalized spacial score (nSPS) is 11.9. The van der Waals surface area contributed by atoms with E-state index >= 15 is 0 Å². The third-order valence-corrected chi connectivity index (χ3v) is 5.05. The SMILES string of the molecule is CC(C)c1cccc(-c2nn(C)cc2C(=O)NC(Cc2ccccc2)C(=O)C(N)=O)c1. The van der Waals surface area contributed by atoms with Crippen LogP contribution in [0.5, 0.6) is 0 Å². The number of rotatable bonds is 8. The van der Waals surface area contributed by atoms with Crippen LogP contribution in [0.1, 0.15) is 41.3 Å². The van der Waals surface area contributed by atoms with E-state index < -0.39 is 23.6 Å². The maximum absolute atomic E-state index is 13.1. The molecule has 2 amide bonds. The number of amides is 2. The first kappa shape index (κ1) is 22.0. The Kier molecular flexibility index (Phi) is 6.65. The number of carbonyl (C=O) groups is 3. The minimum Gasteiger partial charge on any atom is -0.363 e. The van der Waals surface area contributed by atoms with E-state index in [0.717, 1.165) is 16.7 Å². The van der Waals surface area contributed by atoms with E-state index in [1.165, 1.54) is 0 Å². The molecule has 7 nitrogen and oxygen atoms in total. The molecule has 0 radical (unpaired) electrons. The van der Waals surface area contributed by atoms with Gasteiger partial charge in [0.15, 0.2) is 0 Å². The summed E-state index contributed by atoms with van der Waals surface area (Å²) in [5.74, 6) is -2.10. The first-order valence-electron chi connectivity index (χ1n) is 10.1. The van der Waals surface area contributed by atoms with Crippen LogP contribution in [0.2, 0.25) is 0 Å². The van der Waals surface area contributed by atoms with Crippen molar-refractivity contribution >= 4 is 17.6 Å². The number of aromatic nitrogens is 2. The summed E-state index contributed by atoms with van der Waals surface area (Å²) >= 11 is 0. The first-order chi connectivity index (χ1) is 14.8. The lowest BCUT2D eigenvalue weighted by Gasteiger charge is -2.16. The highest BCUT2D eigenvalue weighted by Crippen LogP contribution is 2.26. The van der Waals surface area contributed by atoms with Gasteiger partial charge in [-0.3, -0.25) is 19.1 Å². The molecule has 1 unspecified atom stereocenters. The summed E-state index contributed by atoms with van der Waals surface area (Å²) < 4.78 is 1.55. The van der Waals surface area contributed by atoms with Crippen molar-refractivity contribution < 1.29 is 14.4 Å². The number of Topliss-reactive ketones (excluding diaryl/α,β-unsaturated/α-hetero) is 1. The van der Waals surface area contributed by atoms with Gasteiger partial charge in [-0.15, -0.1) is 0 Å². The van der Waals surface area contributed by atoms with Gasteiger partial charge in [0.1, 0.15) is 11.7 Å². The van der Waals surface area contributed by atoms with Gasteiger partial charge in [0, 0.05) is 25.2 Å². The Hall–Kier alpha value is -3.74. The number of nitrogens with zero attached hydrogens (tertiary/aromatic N) is 2. The molecule has 0 aliphatic carbocycles. The second kappa shape index (κ2) is 9.38. The molecule has 3 N–H and O–H groups in total. The Morgan fingerprint density at radius 2 is 1.77 bits per heavy atom. The van der Waals surface area contributed by atoms with Crippen LogP contribution < -0.4 is 11.1 Å². The summed E-state index contributed by atoms with van der Waals surface area (Å²) in [5, 5.41) is 7.13. The van der Waals surface area contributed by atoms with Crippen LogP contribution in [0.3, 0.4) is 0 Å². The molecule has 1 heterocycles. The fraction of sp³-hybridized carbons (Fsp3) is 0.250. The minimum absolute atomic E-state index is 0.160. The predicted octanol–water partition coefficient (Wildman–Crippen LogP) is 2.61. The lowest BCUT2D eigenvalue weighted by molar-refractivity contribution is -0.137. The van der Waals surface area contributed by atoms with Crippen molar-refractivity contribution in [2.24, 2.45) is 12.8 Å². The molecule has 0 spiro atoms. The highest BCUT2D eigenvalue weighted by molar-refractivity contribution is 6.38. The molecule has 1 aromatic heterocycles. The smallest absolute Gasteiger partial charge is 0.287 e. The van der Waals surface area contributed by atoms with Crippen LogP contribution in [0.15, 0.2) is 60.8 Å². The molecule has 1 atom stereocenters. The largest absolute Gasteiger partial charge is 0.363 e. The zero-order valence-electron chi connectivity index (χ0n) is 17.8. The maximum atomic E-state index is 13.1. The lowest BCUT2D eigenvalue weighted by Crippen LogP contribution is -2.47. The van der Waals surface area contributed by atoms with Crippen molar-refractivity contribution in [3.63, 3.8) is 0 Å². The van der Waals surface area contributed by atoms with Crippen LogP contribution in [0.25, 0.3) is 11.3 Å². The molecular weight excluding hydrogens is 392 g/mol. The summed E-state index contributed by atoms with van der Waals surface area (Å²) in [4.78, 5) is 37.1. The number of ketones is 1. The fourth-order valence-electron chi connectivity index (χ4n) is 3.38. The van der Waals surface area contributed by atoms with Crippen LogP contribution in [0.4, 0.5) is 0 Å². The minimum atomic E-state index is -1.09. The van der Waals surface area contributed by atoms with Gasteiger partial charge in [0.05, 0.1) is 5.56 Å². The lowest BCUT2D eigenvalue weighted by atomic mass is 9.98. The van der Waals surface area contributed by atoms with Crippen molar-refractivity contribution in [2.75, 3.05) is 0 Å². The second-order valence-electron chi connectivity index (χ2n) is 7.79. The van der Waals surface area contributed by atoms with Gasteiger partial charge in [-0.05, 0) is 23.1 Å². The van der Waals surface area contributed by atoms with Crippen LogP contribution in [-0.2, 0) is 23.1 Å². The molecule has 3 rings (SSSR count). The van der Waals surface area contributed by atoms with Gasteiger partial charge in [-0.25, -0.2) is 0 Å². The number of benzene rings is 2. The average molecular weight is 418 g/mol. The Morgan fingerprint density at radius 1 is 1.06 bits per heavy atom. The summed E-state index contributed by atoms with van der Waals surface area (Å²) in [6, 6.07) is 15.9. The molecule has 0 aliphatic heterocycles. The molecule has 31 heavy (non-hydrogen) atoms. The second-order valence-corrected chi connectivity index (χ2v) is 7.79. The maximum Gasteiger partial charge on any atom is 0.287 e. The van der Waals surface area contributed by atoms with Gasteiger partial charge < -0.3 is 11.1 Å². The number of primary amides is 1. The van der Waals surface area contributed by atoms with Crippen molar-refractivity contribution in [3.05, 3.63) is 77.5 Å². The van der Waals surface area contributed by atoms with E-state index in [4.69, 9.17) is 5.73 Å². The number of hydrogen-bond acceptors (Lipinski definition) is 4. The van der Waals surface area contributed by atoms with E-state index in [2.05, 4.69) is 24.3 Å². The molecular formula is C24H26N4O3. The van der Waals surface area contributed by atoms with E-state index in [9.17, 15) is 14.4 Å². The first-order valence-corrected chi connectivity index (χ1v) is 10.1. The van der Waals surface area contributed by atoms with Crippen molar-refractivity contribution in [1.82, 2.24) is 15.1 Å². The molecule has 160 valence electrons. The molecule has 7 heteroatoms. The van der Waals surface area contributed by atoms with Gasteiger partial charge in [-0.1, -0.05) is 62.4 Å². The molecule has 0 aliphatic rings. The molecule has 0 saturated carbocycles. The Bertz CT molecular complexity index is 1100. The van der Waals surface area contributed by atoms with Crippen molar-refractivity contribution in [1.29, 1.82) is 0 Å². The highest BCUT2D eigenvalue weighted by Gasteiger charge is 2.27. The molecule has 2 aromatic carbocycles. The topological polar surface area (TPSA) is 107 Å². The van der Waals surface area contributed by atoms with Gasteiger partial charge in [0.25, 0.3) is 11.8 Å². The summed E-state index contributed by atoms with van der Waals surface area (Å²) in [7, 11) is 1.72. The van der Waals surface area contributed by atoms with Crippen molar-refractivity contribution in [3.8, 4) is 11.3 Å². The Labute approximate surface area is 181 Å². The number of carbonyl (C=O) groups excluding carboxylic acids is 3. The van der Waals surface area contributed by atoms with E-state index in [0.29, 0.717) is 17.2 Å². The third-order valence-electron chi connectivity index (χ3n) is 5.05. The van der Waals surface area contributed by atoms with Gasteiger partial charge in [0.2, 0.25) is 5.78 Å². The van der Waals surface area contributed by atoms with E-state index in [-0.39, 0.29) is 6.42 Å². The number of aryl methyl sites for hydroxylation is 1. The summed E-state index contributed by atoms with van der Waals surface area (Å²) in [5.41, 5.74) is 8.78.